The number of rotatable bonds is 0. The van der Waals surface area contributed by atoms with Gasteiger partial charge in [-0.15, -0.1) is 0 Å². The van der Waals surface area contributed by atoms with Crippen molar-refractivity contribution in [2.24, 2.45) is 0 Å². The van der Waals surface area contributed by atoms with Crippen molar-refractivity contribution in [3.63, 3.8) is 0 Å². The minimum atomic E-state index is 0.240. The van der Waals surface area contributed by atoms with Gasteiger partial charge in [0, 0.05) is 4.83 Å². The molecule has 1 aliphatic rings. The van der Waals surface area contributed by atoms with E-state index in [4.69, 9.17) is 4.74 Å². The maximum absolute atomic E-state index is 5.23. The van der Waals surface area contributed by atoms with Gasteiger partial charge < -0.3 is 4.74 Å². The van der Waals surface area contributed by atoms with Crippen molar-refractivity contribution in [3.8, 4) is 0 Å². The first-order valence-electron chi connectivity index (χ1n) is 2.88. The predicted octanol–water partition coefficient (Wildman–Crippen LogP) is 1.76. The van der Waals surface area contributed by atoms with Crippen LogP contribution < -0.4 is 0 Å². The van der Waals surface area contributed by atoms with Gasteiger partial charge in [-0.3, -0.25) is 0 Å². The Labute approximate surface area is 58.5 Å². The van der Waals surface area contributed by atoms with Crippen molar-refractivity contribution in [3.05, 3.63) is 6.92 Å². The molecule has 8 heavy (non-hydrogen) atoms. The van der Waals surface area contributed by atoms with Gasteiger partial charge in [0.15, 0.2) is 0 Å². The lowest BCUT2D eigenvalue weighted by Crippen LogP contribution is -2.23. The minimum absolute atomic E-state index is 0.240. The Morgan fingerprint density at radius 3 is 2.62 bits per heavy atom. The monoisotopic (exact) mass is 177 g/mol. The van der Waals surface area contributed by atoms with Gasteiger partial charge in [0.1, 0.15) is 0 Å². The molecular formula is C6H10BrO. The fourth-order valence-electron chi connectivity index (χ4n) is 0.774. The Hall–Kier alpha value is 0.440. The maximum Gasteiger partial charge on any atom is 0.0595 e. The summed E-state index contributed by atoms with van der Waals surface area (Å²) in [7, 11) is 0. The zero-order chi connectivity index (χ0) is 5.98. The van der Waals surface area contributed by atoms with Crippen LogP contribution in [-0.4, -0.2) is 17.5 Å². The normalized spacial score (nSPS) is 39.8. The summed E-state index contributed by atoms with van der Waals surface area (Å²) in [5.74, 6) is 0. The number of ether oxygens (including phenoxy) is 1. The first-order valence-corrected chi connectivity index (χ1v) is 3.79. The van der Waals surface area contributed by atoms with E-state index in [2.05, 4.69) is 22.9 Å². The fraction of sp³-hybridized carbons (Fsp3) is 0.833. The summed E-state index contributed by atoms with van der Waals surface area (Å²) in [5, 5.41) is 0. The molecule has 0 spiro atoms. The van der Waals surface area contributed by atoms with Gasteiger partial charge in [-0.25, -0.2) is 0 Å². The highest BCUT2D eigenvalue weighted by Gasteiger charge is 2.14. The van der Waals surface area contributed by atoms with Crippen molar-refractivity contribution >= 4 is 15.9 Å². The summed E-state index contributed by atoms with van der Waals surface area (Å²) in [5.41, 5.74) is 0. The molecule has 0 amide bonds. The molecule has 1 radical (unpaired) electrons. The molecule has 0 aromatic rings. The van der Waals surface area contributed by atoms with E-state index >= 15 is 0 Å². The Morgan fingerprint density at radius 1 is 1.50 bits per heavy atom. The standard InChI is InChI=1S/C6H10BrO/c1-5-2-3-6(7)4-8-5/h5-6H,1-4H2. The molecule has 0 aliphatic carbocycles. The van der Waals surface area contributed by atoms with Crippen molar-refractivity contribution in [1.29, 1.82) is 0 Å². The van der Waals surface area contributed by atoms with Gasteiger partial charge >= 0.3 is 0 Å². The number of alkyl halides is 1. The van der Waals surface area contributed by atoms with E-state index in [9.17, 15) is 0 Å². The smallest absolute Gasteiger partial charge is 0.0595 e. The Balaban J connectivity index is 2.19. The lowest BCUT2D eigenvalue weighted by molar-refractivity contribution is 0.0501. The molecule has 0 aromatic heterocycles. The molecule has 1 rings (SSSR count). The van der Waals surface area contributed by atoms with Crippen LogP contribution in [0.1, 0.15) is 12.8 Å². The molecule has 1 fully saturated rings. The molecule has 2 heteroatoms. The average Bonchev–Trinajstić information content (AvgIpc) is 1.77. The van der Waals surface area contributed by atoms with Crippen LogP contribution in [-0.2, 0) is 4.74 Å². The minimum Gasteiger partial charge on any atom is -0.377 e. The molecule has 1 nitrogen and oxygen atoms in total. The first kappa shape index (κ1) is 6.56. The molecule has 2 atom stereocenters. The second-order valence-corrected chi connectivity index (χ2v) is 3.42. The molecule has 2 unspecified atom stereocenters. The van der Waals surface area contributed by atoms with Crippen LogP contribution in [0.4, 0.5) is 0 Å². The lowest BCUT2D eigenvalue weighted by Gasteiger charge is -2.22. The maximum atomic E-state index is 5.23. The molecule has 1 aliphatic heterocycles. The van der Waals surface area contributed by atoms with Gasteiger partial charge in [0.25, 0.3) is 0 Å². The lowest BCUT2D eigenvalue weighted by atomic mass is 10.1. The molecule has 1 saturated heterocycles. The number of halogens is 1. The van der Waals surface area contributed by atoms with E-state index in [1.807, 2.05) is 0 Å². The van der Waals surface area contributed by atoms with Crippen molar-refractivity contribution in [2.75, 3.05) is 6.61 Å². The third kappa shape index (κ3) is 1.75. The quantitative estimate of drug-likeness (QED) is 0.513. The van der Waals surface area contributed by atoms with Gasteiger partial charge in [0.2, 0.25) is 0 Å². The van der Waals surface area contributed by atoms with Crippen LogP contribution in [0.3, 0.4) is 0 Å². The molecule has 1 heterocycles. The molecule has 47 valence electrons. The largest absolute Gasteiger partial charge is 0.377 e. The van der Waals surface area contributed by atoms with E-state index in [-0.39, 0.29) is 6.10 Å². The molecule has 0 aromatic carbocycles. The zero-order valence-electron chi connectivity index (χ0n) is 4.77. The van der Waals surface area contributed by atoms with E-state index < -0.39 is 0 Å². The van der Waals surface area contributed by atoms with Crippen LogP contribution in [0.5, 0.6) is 0 Å². The third-order valence-corrected chi connectivity index (χ3v) is 2.04. The molecule has 0 N–H and O–H groups in total. The van der Waals surface area contributed by atoms with Crippen LogP contribution in [0, 0.1) is 6.92 Å². The third-order valence-electron chi connectivity index (χ3n) is 1.31. The highest BCUT2D eigenvalue weighted by Crippen LogP contribution is 2.17. The topological polar surface area (TPSA) is 9.23 Å². The molecular weight excluding hydrogens is 168 g/mol. The highest BCUT2D eigenvalue weighted by atomic mass is 79.9. The van der Waals surface area contributed by atoms with Crippen molar-refractivity contribution in [1.82, 2.24) is 0 Å². The Bertz CT molecular complexity index is 56.9. The van der Waals surface area contributed by atoms with E-state index in [0.29, 0.717) is 4.83 Å². The summed E-state index contributed by atoms with van der Waals surface area (Å²) in [6, 6.07) is 0. The van der Waals surface area contributed by atoms with Crippen LogP contribution in [0.2, 0.25) is 0 Å². The van der Waals surface area contributed by atoms with Crippen molar-refractivity contribution in [2.45, 2.75) is 23.8 Å². The summed E-state index contributed by atoms with van der Waals surface area (Å²) in [6.07, 6.45) is 2.54. The van der Waals surface area contributed by atoms with Crippen LogP contribution in [0.15, 0.2) is 0 Å². The summed E-state index contributed by atoms with van der Waals surface area (Å²) in [4.78, 5) is 0.570. The fourth-order valence-corrected chi connectivity index (χ4v) is 1.19. The second kappa shape index (κ2) is 2.83. The van der Waals surface area contributed by atoms with Gasteiger partial charge in [-0.2, -0.15) is 0 Å². The van der Waals surface area contributed by atoms with E-state index in [1.165, 1.54) is 6.42 Å². The van der Waals surface area contributed by atoms with Crippen LogP contribution in [0.25, 0.3) is 0 Å². The molecule has 0 saturated carbocycles. The van der Waals surface area contributed by atoms with Gasteiger partial charge in [-0.1, -0.05) is 15.9 Å². The number of hydrogen-bond acceptors (Lipinski definition) is 1. The summed E-state index contributed by atoms with van der Waals surface area (Å²) < 4.78 is 5.23. The Morgan fingerprint density at radius 2 is 2.25 bits per heavy atom. The first-order chi connectivity index (χ1) is 3.79. The Kier molecular flexibility index (Phi) is 2.32. The van der Waals surface area contributed by atoms with Crippen LogP contribution >= 0.6 is 15.9 Å². The predicted molar refractivity (Wildman–Crippen MR) is 37.0 cm³/mol. The van der Waals surface area contributed by atoms with Crippen molar-refractivity contribution < 1.29 is 4.74 Å². The SMILES string of the molecule is [CH2]C1CCC(Br)CO1. The van der Waals surface area contributed by atoms with E-state index in [1.54, 1.807) is 0 Å². The summed E-state index contributed by atoms with van der Waals surface area (Å²) in [6.45, 7) is 4.62. The van der Waals surface area contributed by atoms with Gasteiger partial charge in [-0.05, 0) is 19.8 Å². The van der Waals surface area contributed by atoms with Gasteiger partial charge in [0.05, 0.1) is 12.7 Å². The number of hydrogen-bond donors (Lipinski definition) is 0. The van der Waals surface area contributed by atoms with E-state index in [0.717, 1.165) is 13.0 Å². The molecule has 0 bridgehead atoms. The summed E-state index contributed by atoms with van der Waals surface area (Å²) >= 11 is 3.46. The zero-order valence-corrected chi connectivity index (χ0v) is 6.36. The average molecular weight is 178 g/mol. The second-order valence-electron chi connectivity index (χ2n) is 2.13. The highest BCUT2D eigenvalue weighted by molar-refractivity contribution is 9.09.